The number of carbonyl (C=O) groups excluding carboxylic acids is 1. The van der Waals surface area contributed by atoms with E-state index in [1.165, 1.54) is 0 Å². The summed E-state index contributed by atoms with van der Waals surface area (Å²) in [6.45, 7) is 5.65. The molecule has 1 unspecified atom stereocenters. The van der Waals surface area contributed by atoms with Crippen LogP contribution in [-0.4, -0.2) is 67.5 Å². The summed E-state index contributed by atoms with van der Waals surface area (Å²) >= 11 is 6.42. The maximum Gasteiger partial charge on any atom is 0.274 e. The van der Waals surface area contributed by atoms with E-state index in [9.17, 15) is 14.7 Å². The third-order valence-electron chi connectivity index (χ3n) is 7.17. The highest BCUT2D eigenvalue weighted by Crippen LogP contribution is 2.30. The highest BCUT2D eigenvalue weighted by atomic mass is 35.5. The summed E-state index contributed by atoms with van der Waals surface area (Å²) in [5.41, 5.74) is 4.49. The van der Waals surface area contributed by atoms with Gasteiger partial charge in [0, 0.05) is 55.7 Å². The van der Waals surface area contributed by atoms with Crippen LogP contribution < -0.4 is 10.5 Å². The van der Waals surface area contributed by atoms with Gasteiger partial charge in [-0.05, 0) is 42.7 Å². The number of halogens is 1. The molecule has 0 saturated carbocycles. The van der Waals surface area contributed by atoms with E-state index in [-0.39, 0.29) is 17.5 Å². The van der Waals surface area contributed by atoms with Gasteiger partial charge in [0.25, 0.3) is 5.56 Å². The summed E-state index contributed by atoms with van der Waals surface area (Å²) in [5.74, 6) is 0.337. The van der Waals surface area contributed by atoms with Gasteiger partial charge in [-0.1, -0.05) is 35.9 Å². The Morgan fingerprint density at radius 3 is 2.54 bits per heavy atom. The molecule has 0 bridgehead atoms. The lowest BCUT2D eigenvalue weighted by Crippen LogP contribution is -2.55. The van der Waals surface area contributed by atoms with Gasteiger partial charge in [0.1, 0.15) is 6.61 Å². The minimum Gasteiger partial charge on any atom is -0.387 e. The van der Waals surface area contributed by atoms with Crippen LogP contribution in [-0.2, 0) is 18.4 Å². The number of rotatable bonds is 5. The van der Waals surface area contributed by atoms with Crippen LogP contribution in [0.2, 0.25) is 5.02 Å². The zero-order valence-electron chi connectivity index (χ0n) is 21.1. The molecule has 192 valence electrons. The molecule has 0 radical (unpaired) electrons. The van der Waals surface area contributed by atoms with Crippen molar-refractivity contribution in [2.75, 3.05) is 31.1 Å². The summed E-state index contributed by atoms with van der Waals surface area (Å²) in [6, 6.07) is 11.4. The van der Waals surface area contributed by atoms with Crippen LogP contribution >= 0.6 is 11.6 Å². The Kier molecular flexibility index (Phi) is 6.74. The molecule has 0 spiro atoms. The van der Waals surface area contributed by atoms with E-state index < -0.39 is 6.61 Å². The molecule has 1 N–H and O–H groups in total. The van der Waals surface area contributed by atoms with E-state index in [4.69, 9.17) is 11.6 Å². The van der Waals surface area contributed by atoms with Crippen molar-refractivity contribution in [2.45, 2.75) is 26.4 Å². The van der Waals surface area contributed by atoms with Crippen molar-refractivity contribution in [3.63, 3.8) is 0 Å². The molecule has 1 fully saturated rings. The Labute approximate surface area is 219 Å². The van der Waals surface area contributed by atoms with Gasteiger partial charge < -0.3 is 14.9 Å². The highest BCUT2D eigenvalue weighted by Gasteiger charge is 2.28. The minimum atomic E-state index is -0.479. The largest absolute Gasteiger partial charge is 0.387 e. The number of aromatic nitrogens is 4. The number of aryl methyl sites for hydroxylation is 1. The van der Waals surface area contributed by atoms with Crippen LogP contribution in [0.5, 0.6) is 0 Å². The van der Waals surface area contributed by atoms with Crippen LogP contribution in [0, 0.1) is 6.92 Å². The third-order valence-corrected chi connectivity index (χ3v) is 7.54. The van der Waals surface area contributed by atoms with E-state index in [1.54, 1.807) is 29.0 Å². The topological polar surface area (TPSA) is 96.5 Å². The average molecular weight is 521 g/mol. The van der Waals surface area contributed by atoms with Crippen molar-refractivity contribution in [3.05, 3.63) is 75.3 Å². The lowest BCUT2D eigenvalue weighted by molar-refractivity contribution is -0.136. The number of fused-ring (bicyclic) bond motifs is 1. The molecule has 1 aliphatic heterocycles. The summed E-state index contributed by atoms with van der Waals surface area (Å²) < 4.78 is 3.59. The van der Waals surface area contributed by atoms with E-state index in [0.29, 0.717) is 42.5 Å². The fraction of sp³-hybridized carbons (Fsp3) is 0.333. The summed E-state index contributed by atoms with van der Waals surface area (Å²) in [4.78, 5) is 37.9. The second kappa shape index (κ2) is 9.99. The second-order valence-electron chi connectivity index (χ2n) is 9.42. The molecule has 1 atom stereocenters. The van der Waals surface area contributed by atoms with Gasteiger partial charge in [0.15, 0.2) is 0 Å². The summed E-state index contributed by atoms with van der Waals surface area (Å²) in [7, 11) is 1.77. The van der Waals surface area contributed by atoms with Gasteiger partial charge >= 0.3 is 0 Å². The monoisotopic (exact) mass is 520 g/mol. The molecule has 3 heterocycles. The summed E-state index contributed by atoms with van der Waals surface area (Å²) in [6.07, 6.45) is 3.59. The number of anilines is 1. The number of amides is 1. The molecule has 4 aromatic rings. The van der Waals surface area contributed by atoms with Gasteiger partial charge in [0.2, 0.25) is 11.9 Å². The van der Waals surface area contributed by atoms with E-state index in [2.05, 4.69) is 9.97 Å². The highest BCUT2D eigenvalue weighted by molar-refractivity contribution is 6.31. The van der Waals surface area contributed by atoms with Crippen LogP contribution in [0.15, 0.2) is 53.6 Å². The first-order chi connectivity index (χ1) is 17.8. The van der Waals surface area contributed by atoms with Gasteiger partial charge in [-0.15, -0.1) is 0 Å². The normalized spacial score (nSPS) is 16.0. The molecule has 37 heavy (non-hydrogen) atoms. The Balaban J connectivity index is 1.46. The smallest absolute Gasteiger partial charge is 0.274 e. The molecule has 1 amide bonds. The average Bonchev–Trinajstić information content (AvgIpc) is 3.15. The van der Waals surface area contributed by atoms with Gasteiger partial charge in [-0.3, -0.25) is 19.0 Å². The predicted molar refractivity (Wildman–Crippen MR) is 144 cm³/mol. The number of piperazine rings is 1. The van der Waals surface area contributed by atoms with E-state index in [1.807, 2.05) is 59.8 Å². The molecular weight excluding hydrogens is 492 g/mol. The van der Waals surface area contributed by atoms with Gasteiger partial charge in [-0.2, -0.15) is 0 Å². The van der Waals surface area contributed by atoms with Gasteiger partial charge in [-0.25, -0.2) is 9.97 Å². The zero-order valence-corrected chi connectivity index (χ0v) is 21.8. The van der Waals surface area contributed by atoms with Crippen LogP contribution in [0.4, 0.5) is 5.95 Å². The number of carbonyl (C=O) groups is 1. The molecule has 9 nitrogen and oxygen atoms in total. The predicted octanol–water partition coefficient (Wildman–Crippen LogP) is 2.84. The fourth-order valence-electron chi connectivity index (χ4n) is 5.15. The van der Waals surface area contributed by atoms with Crippen molar-refractivity contribution in [1.29, 1.82) is 0 Å². The zero-order chi connectivity index (χ0) is 26.3. The first-order valence-corrected chi connectivity index (χ1v) is 12.6. The van der Waals surface area contributed by atoms with Crippen molar-refractivity contribution >= 4 is 34.4 Å². The van der Waals surface area contributed by atoms with Crippen LogP contribution in [0.25, 0.3) is 22.0 Å². The molecule has 0 aliphatic carbocycles. The first-order valence-electron chi connectivity index (χ1n) is 12.2. The second-order valence-corrected chi connectivity index (χ2v) is 9.83. The lowest BCUT2D eigenvalue weighted by Gasteiger charge is -2.39. The van der Waals surface area contributed by atoms with Crippen molar-refractivity contribution in [1.82, 2.24) is 24.2 Å². The Morgan fingerprint density at radius 2 is 1.86 bits per heavy atom. The number of hydrogen-bond acceptors (Lipinski definition) is 6. The van der Waals surface area contributed by atoms with Crippen LogP contribution in [0.3, 0.4) is 0 Å². The molecule has 5 rings (SSSR count). The third kappa shape index (κ3) is 4.49. The lowest BCUT2D eigenvalue weighted by atomic mass is 10.0. The van der Waals surface area contributed by atoms with Crippen molar-refractivity contribution in [2.24, 2.45) is 7.05 Å². The van der Waals surface area contributed by atoms with Crippen LogP contribution in [0.1, 0.15) is 18.1 Å². The van der Waals surface area contributed by atoms with Crippen molar-refractivity contribution < 1.29 is 9.90 Å². The minimum absolute atomic E-state index is 0.0470. The molecule has 1 saturated heterocycles. The summed E-state index contributed by atoms with van der Waals surface area (Å²) in [5, 5.41) is 10.5. The van der Waals surface area contributed by atoms with E-state index >= 15 is 0 Å². The number of aliphatic hydroxyl groups excluding tert-OH is 1. The standard InChI is InChI=1S/C27H29ClN6O3/c1-17-14-32(10-11-33(17)24(36)16-35)27-29-12-20(13-30-27)21-8-9-22-25(18(21)2)34(31(3)26(22)37)15-19-6-4-5-7-23(19)28/h4-9,12-13,17,35H,10-11,14-16H2,1-3H3. The maximum atomic E-state index is 13.0. The van der Waals surface area contributed by atoms with Gasteiger partial charge in [0.05, 0.1) is 17.4 Å². The fourth-order valence-corrected chi connectivity index (χ4v) is 5.34. The maximum absolute atomic E-state index is 13.0. The first kappa shape index (κ1) is 25.0. The Bertz CT molecular complexity index is 1530. The van der Waals surface area contributed by atoms with E-state index in [0.717, 1.165) is 27.8 Å². The molecule has 10 heteroatoms. The Hall–Kier alpha value is -3.69. The van der Waals surface area contributed by atoms with Crippen molar-refractivity contribution in [3.8, 4) is 11.1 Å². The number of aliphatic hydroxyl groups is 1. The Morgan fingerprint density at radius 1 is 1.14 bits per heavy atom. The molecule has 2 aromatic carbocycles. The number of hydrogen-bond donors (Lipinski definition) is 1. The SMILES string of the molecule is Cc1c(-c2cnc(N3CCN(C(=O)CO)C(C)C3)nc2)ccc2c(=O)n(C)n(Cc3ccccc3Cl)c12. The molecular formula is C27H29ClN6O3. The molecule has 1 aliphatic rings. The number of benzene rings is 2. The number of nitrogens with zero attached hydrogens (tertiary/aromatic N) is 6. The quantitative estimate of drug-likeness (QED) is 0.435. The molecule has 2 aromatic heterocycles.